The predicted octanol–water partition coefficient (Wildman–Crippen LogP) is 3.33. The van der Waals surface area contributed by atoms with Crippen LogP contribution in [0.15, 0.2) is 23.1 Å². The van der Waals surface area contributed by atoms with E-state index < -0.39 is 0 Å². The van der Waals surface area contributed by atoms with Gasteiger partial charge in [-0.2, -0.15) is 5.26 Å². The number of nitrogens with zero attached hydrogens (tertiary/aromatic N) is 1. The van der Waals surface area contributed by atoms with Gasteiger partial charge in [-0.25, -0.2) is 0 Å². The maximum Gasteiger partial charge on any atom is 0.0991 e. The van der Waals surface area contributed by atoms with Crippen molar-refractivity contribution in [3.8, 4) is 6.07 Å². The molecule has 1 atom stereocenters. The van der Waals surface area contributed by atoms with Gasteiger partial charge in [0.25, 0.3) is 0 Å². The number of alkyl halides is 1. The van der Waals surface area contributed by atoms with Crippen LogP contribution in [0.4, 0.5) is 0 Å². The average molecular weight is 210 g/mol. The summed E-state index contributed by atoms with van der Waals surface area (Å²) >= 11 is 7.97. The van der Waals surface area contributed by atoms with Crippen LogP contribution in [-0.4, -0.2) is 5.75 Å². The van der Waals surface area contributed by atoms with Crippen LogP contribution in [0.2, 0.25) is 0 Å². The van der Waals surface area contributed by atoms with Gasteiger partial charge in [-0.1, -0.05) is 0 Å². The molecule has 2 rings (SSSR count). The Morgan fingerprint density at radius 1 is 1.54 bits per heavy atom. The fourth-order valence-corrected chi connectivity index (χ4v) is 3.01. The zero-order valence-electron chi connectivity index (χ0n) is 6.96. The first-order chi connectivity index (χ1) is 6.31. The minimum atomic E-state index is 0.0875. The summed E-state index contributed by atoms with van der Waals surface area (Å²) in [7, 11) is 0. The van der Waals surface area contributed by atoms with Gasteiger partial charge in [-0.3, -0.25) is 0 Å². The molecule has 0 amide bonds. The molecule has 0 saturated heterocycles. The van der Waals surface area contributed by atoms with Crippen molar-refractivity contribution in [1.29, 1.82) is 5.26 Å². The van der Waals surface area contributed by atoms with E-state index in [0.29, 0.717) is 5.56 Å². The lowest BCUT2D eigenvalue weighted by Crippen LogP contribution is -2.01. The van der Waals surface area contributed by atoms with Crippen molar-refractivity contribution in [2.75, 3.05) is 5.75 Å². The fourth-order valence-electron chi connectivity index (χ4n) is 1.42. The van der Waals surface area contributed by atoms with Crippen LogP contribution in [0.3, 0.4) is 0 Å². The van der Waals surface area contributed by atoms with E-state index in [0.717, 1.165) is 17.7 Å². The highest BCUT2D eigenvalue weighted by Crippen LogP contribution is 2.39. The molecule has 1 unspecified atom stereocenters. The van der Waals surface area contributed by atoms with Gasteiger partial charge in [0, 0.05) is 4.90 Å². The van der Waals surface area contributed by atoms with Gasteiger partial charge < -0.3 is 0 Å². The van der Waals surface area contributed by atoms with Crippen molar-refractivity contribution in [3.05, 3.63) is 29.3 Å². The summed E-state index contributed by atoms with van der Waals surface area (Å²) in [5.74, 6) is 1.08. The molecule has 0 fully saturated rings. The first kappa shape index (κ1) is 8.93. The predicted molar refractivity (Wildman–Crippen MR) is 55.1 cm³/mol. The Hall–Kier alpha value is -0.650. The first-order valence-electron chi connectivity index (χ1n) is 4.12. The Balaban J connectivity index is 2.48. The van der Waals surface area contributed by atoms with Gasteiger partial charge in [0.05, 0.1) is 17.0 Å². The van der Waals surface area contributed by atoms with Crippen molar-refractivity contribution in [1.82, 2.24) is 0 Å². The summed E-state index contributed by atoms with van der Waals surface area (Å²) in [6.07, 6.45) is 0.994. The molecule has 1 aromatic carbocycles. The summed E-state index contributed by atoms with van der Waals surface area (Å²) in [6.45, 7) is 0. The SMILES string of the molecule is N#Cc1ccc2c(c1)C(Cl)CCS2. The average Bonchev–Trinajstić information content (AvgIpc) is 2.18. The highest BCUT2D eigenvalue weighted by atomic mass is 35.5. The van der Waals surface area contributed by atoms with E-state index >= 15 is 0 Å². The van der Waals surface area contributed by atoms with Crippen molar-refractivity contribution in [2.45, 2.75) is 16.7 Å². The van der Waals surface area contributed by atoms with E-state index in [1.807, 2.05) is 30.0 Å². The number of hydrogen-bond acceptors (Lipinski definition) is 2. The van der Waals surface area contributed by atoms with Crippen molar-refractivity contribution < 1.29 is 0 Å². The molecule has 0 spiro atoms. The largest absolute Gasteiger partial charge is 0.192 e. The highest BCUT2D eigenvalue weighted by molar-refractivity contribution is 7.99. The molecule has 0 bridgehead atoms. The topological polar surface area (TPSA) is 23.8 Å². The molecule has 1 aromatic rings. The van der Waals surface area contributed by atoms with Crippen molar-refractivity contribution >= 4 is 23.4 Å². The van der Waals surface area contributed by atoms with E-state index in [1.54, 1.807) is 0 Å². The Morgan fingerprint density at radius 2 is 2.38 bits per heavy atom. The quantitative estimate of drug-likeness (QED) is 0.612. The molecule has 1 aliphatic rings. The highest BCUT2D eigenvalue weighted by Gasteiger charge is 2.18. The first-order valence-corrected chi connectivity index (χ1v) is 5.54. The third-order valence-corrected chi connectivity index (χ3v) is 3.68. The van der Waals surface area contributed by atoms with Gasteiger partial charge in [0.2, 0.25) is 0 Å². The van der Waals surface area contributed by atoms with Crippen LogP contribution in [-0.2, 0) is 0 Å². The second kappa shape index (κ2) is 3.61. The van der Waals surface area contributed by atoms with E-state index in [-0.39, 0.29) is 5.38 Å². The molecule has 0 saturated carbocycles. The van der Waals surface area contributed by atoms with Gasteiger partial charge >= 0.3 is 0 Å². The summed E-state index contributed by atoms with van der Waals surface area (Å²) in [5.41, 5.74) is 1.82. The number of fused-ring (bicyclic) bond motifs is 1. The molecule has 0 aromatic heterocycles. The van der Waals surface area contributed by atoms with Crippen LogP contribution < -0.4 is 0 Å². The number of thioether (sulfide) groups is 1. The molecule has 66 valence electrons. The third-order valence-electron chi connectivity index (χ3n) is 2.11. The van der Waals surface area contributed by atoms with Gasteiger partial charge in [0.15, 0.2) is 0 Å². The van der Waals surface area contributed by atoms with Crippen LogP contribution in [0.5, 0.6) is 0 Å². The van der Waals surface area contributed by atoms with E-state index in [1.165, 1.54) is 4.90 Å². The lowest BCUT2D eigenvalue weighted by molar-refractivity contribution is 0.853. The van der Waals surface area contributed by atoms with E-state index in [9.17, 15) is 0 Å². The minimum Gasteiger partial charge on any atom is -0.192 e. The van der Waals surface area contributed by atoms with Crippen LogP contribution in [0.1, 0.15) is 22.9 Å². The Kier molecular flexibility index (Phi) is 2.48. The smallest absolute Gasteiger partial charge is 0.0991 e. The molecule has 1 nitrogen and oxygen atoms in total. The molecule has 0 N–H and O–H groups in total. The standard InChI is InChI=1S/C10H8ClNS/c11-9-3-4-13-10-2-1-7(6-12)5-8(9)10/h1-2,5,9H,3-4H2. The van der Waals surface area contributed by atoms with Crippen molar-refractivity contribution in [3.63, 3.8) is 0 Å². The third kappa shape index (κ3) is 1.67. The minimum absolute atomic E-state index is 0.0875. The lowest BCUT2D eigenvalue weighted by Gasteiger charge is -2.19. The van der Waals surface area contributed by atoms with Crippen LogP contribution in [0, 0.1) is 11.3 Å². The van der Waals surface area contributed by atoms with Crippen LogP contribution in [0.25, 0.3) is 0 Å². The summed E-state index contributed by atoms with van der Waals surface area (Å²) in [4.78, 5) is 1.23. The maximum absolute atomic E-state index is 8.73. The Bertz CT molecular complexity index is 370. The maximum atomic E-state index is 8.73. The van der Waals surface area contributed by atoms with Crippen molar-refractivity contribution in [2.24, 2.45) is 0 Å². The second-order valence-corrected chi connectivity index (χ2v) is 4.63. The summed E-state index contributed by atoms with van der Waals surface area (Å²) in [5, 5.41) is 8.81. The monoisotopic (exact) mass is 209 g/mol. The van der Waals surface area contributed by atoms with Gasteiger partial charge in [0.1, 0.15) is 0 Å². The van der Waals surface area contributed by atoms with Gasteiger partial charge in [-0.05, 0) is 35.9 Å². The van der Waals surface area contributed by atoms with E-state index in [2.05, 4.69) is 6.07 Å². The number of nitriles is 1. The van der Waals surface area contributed by atoms with Crippen LogP contribution >= 0.6 is 23.4 Å². The second-order valence-electron chi connectivity index (χ2n) is 2.97. The summed E-state index contributed by atoms with van der Waals surface area (Å²) < 4.78 is 0. The lowest BCUT2D eigenvalue weighted by atomic mass is 10.1. The summed E-state index contributed by atoms with van der Waals surface area (Å²) in [6, 6.07) is 7.87. The molecule has 0 aliphatic carbocycles. The zero-order chi connectivity index (χ0) is 9.26. The molecule has 0 radical (unpaired) electrons. The van der Waals surface area contributed by atoms with Gasteiger partial charge in [-0.15, -0.1) is 23.4 Å². The Labute approximate surface area is 86.7 Å². The molecular formula is C10H8ClNS. The normalized spacial score (nSPS) is 20.5. The number of benzene rings is 1. The molecular weight excluding hydrogens is 202 g/mol. The molecule has 13 heavy (non-hydrogen) atoms. The Morgan fingerprint density at radius 3 is 3.15 bits per heavy atom. The van der Waals surface area contributed by atoms with E-state index in [4.69, 9.17) is 16.9 Å². The molecule has 3 heteroatoms. The number of rotatable bonds is 0. The fraction of sp³-hybridized carbons (Fsp3) is 0.300. The number of halogens is 1. The molecule has 1 heterocycles. The molecule has 1 aliphatic heterocycles. The zero-order valence-corrected chi connectivity index (χ0v) is 8.53. The number of hydrogen-bond donors (Lipinski definition) is 0.